The molecule has 0 heterocycles. The Balaban J connectivity index is 1.78. The van der Waals surface area contributed by atoms with Gasteiger partial charge in [-0.2, -0.15) is 0 Å². The topological polar surface area (TPSA) is 86.7 Å². The van der Waals surface area contributed by atoms with Gasteiger partial charge in [-0.1, -0.05) is 13.8 Å². The molecule has 0 aromatic rings. The minimum atomic E-state index is -0.384. The number of esters is 2. The van der Waals surface area contributed by atoms with Crippen molar-refractivity contribution in [2.45, 2.75) is 92.1 Å². The molecule has 174 valence electrons. The van der Waals surface area contributed by atoms with Crippen molar-refractivity contribution < 1.29 is 28.7 Å². The average molecular weight is 435 g/mol. The Labute approximate surface area is 185 Å². The van der Waals surface area contributed by atoms with Gasteiger partial charge >= 0.3 is 11.9 Å². The van der Waals surface area contributed by atoms with Crippen molar-refractivity contribution in [3.05, 3.63) is 0 Å². The van der Waals surface area contributed by atoms with E-state index in [0.29, 0.717) is 12.2 Å². The molecule has 6 nitrogen and oxygen atoms in total. The molecule has 3 aliphatic carbocycles. The van der Waals surface area contributed by atoms with Gasteiger partial charge in [-0.3, -0.25) is 19.2 Å². The van der Waals surface area contributed by atoms with E-state index in [1.54, 1.807) is 6.92 Å². The second kappa shape index (κ2) is 9.03. The van der Waals surface area contributed by atoms with Crippen LogP contribution in [0.5, 0.6) is 0 Å². The summed E-state index contributed by atoms with van der Waals surface area (Å²) in [5.74, 6) is 0.161. The van der Waals surface area contributed by atoms with Gasteiger partial charge in [0.25, 0.3) is 0 Å². The van der Waals surface area contributed by atoms with Crippen LogP contribution in [0.15, 0.2) is 0 Å². The second-order valence-corrected chi connectivity index (χ2v) is 10.6. The number of hydrogen-bond acceptors (Lipinski definition) is 6. The van der Waals surface area contributed by atoms with Crippen LogP contribution in [0.4, 0.5) is 0 Å². The molecule has 7 atom stereocenters. The highest BCUT2D eigenvalue weighted by Crippen LogP contribution is 2.59. The summed E-state index contributed by atoms with van der Waals surface area (Å²) in [5.41, 5.74) is -0.718. The highest BCUT2D eigenvalue weighted by molar-refractivity contribution is 5.88. The summed E-state index contributed by atoms with van der Waals surface area (Å²) in [6.07, 6.45) is 6.22. The Bertz CT molecular complexity index is 744. The SMILES string of the molecule is CC(=O)OCC[C@]1(C)C(C(C)=O)CCC1C1CC[C@H]2C[C@@H](OC(C)=O)CC[C@]2(C)C1=O. The first-order valence-corrected chi connectivity index (χ1v) is 11.8. The minimum absolute atomic E-state index is 0.0572. The van der Waals surface area contributed by atoms with Crippen LogP contribution in [0.2, 0.25) is 0 Å². The smallest absolute Gasteiger partial charge is 0.302 e. The van der Waals surface area contributed by atoms with Crippen molar-refractivity contribution >= 4 is 23.5 Å². The number of ketones is 2. The van der Waals surface area contributed by atoms with Crippen molar-refractivity contribution in [1.82, 2.24) is 0 Å². The molecule has 0 aliphatic heterocycles. The molecule has 31 heavy (non-hydrogen) atoms. The van der Waals surface area contributed by atoms with E-state index in [0.717, 1.165) is 44.9 Å². The summed E-state index contributed by atoms with van der Waals surface area (Å²) in [4.78, 5) is 49.0. The van der Waals surface area contributed by atoms with E-state index in [4.69, 9.17) is 9.47 Å². The molecule has 0 aromatic carbocycles. The molecular weight excluding hydrogens is 396 g/mol. The Morgan fingerprint density at radius 2 is 1.68 bits per heavy atom. The second-order valence-electron chi connectivity index (χ2n) is 10.6. The lowest BCUT2D eigenvalue weighted by Gasteiger charge is -2.51. The van der Waals surface area contributed by atoms with E-state index in [-0.39, 0.29) is 64.9 Å². The predicted molar refractivity (Wildman–Crippen MR) is 115 cm³/mol. The standard InChI is InChI=1S/C25H38O6/c1-15(26)21-8-9-22(25(21,5)12-13-30-16(2)27)20-7-6-18-14-19(31-17(3)28)10-11-24(18,4)23(20)29/h18-22H,6-14H2,1-5H3/t18-,19-,20?,21?,22?,24-,25+/m0/s1. The quantitative estimate of drug-likeness (QED) is 0.580. The molecule has 0 amide bonds. The van der Waals surface area contributed by atoms with E-state index in [1.165, 1.54) is 13.8 Å². The molecule has 0 saturated heterocycles. The predicted octanol–water partition coefficient (Wildman–Crippen LogP) is 4.28. The molecule has 0 aromatic heterocycles. The van der Waals surface area contributed by atoms with Gasteiger partial charge < -0.3 is 9.47 Å². The molecule has 3 unspecified atom stereocenters. The zero-order chi connectivity index (χ0) is 23.0. The van der Waals surface area contributed by atoms with Gasteiger partial charge in [0.2, 0.25) is 0 Å². The van der Waals surface area contributed by atoms with Crippen LogP contribution < -0.4 is 0 Å². The summed E-state index contributed by atoms with van der Waals surface area (Å²) < 4.78 is 10.7. The van der Waals surface area contributed by atoms with Crippen LogP contribution in [-0.2, 0) is 28.7 Å². The lowest BCUT2D eigenvalue weighted by molar-refractivity contribution is -0.159. The molecule has 6 heteroatoms. The van der Waals surface area contributed by atoms with Gasteiger partial charge in [0.05, 0.1) is 6.61 Å². The highest BCUT2D eigenvalue weighted by atomic mass is 16.5. The lowest BCUT2D eigenvalue weighted by Crippen LogP contribution is -2.52. The summed E-state index contributed by atoms with van der Waals surface area (Å²) in [6, 6.07) is 0. The third-order valence-corrected chi connectivity index (χ3v) is 8.82. The molecule has 3 saturated carbocycles. The van der Waals surface area contributed by atoms with Crippen LogP contribution in [0.25, 0.3) is 0 Å². The summed E-state index contributed by atoms with van der Waals surface area (Å²) >= 11 is 0. The maximum Gasteiger partial charge on any atom is 0.302 e. The van der Waals surface area contributed by atoms with E-state index in [1.807, 2.05) is 0 Å². The third kappa shape index (κ3) is 4.58. The van der Waals surface area contributed by atoms with Gasteiger partial charge in [0, 0.05) is 31.1 Å². The Hall–Kier alpha value is -1.72. The highest BCUT2D eigenvalue weighted by Gasteiger charge is 2.58. The van der Waals surface area contributed by atoms with Gasteiger partial charge in [0.15, 0.2) is 0 Å². The number of ether oxygens (including phenoxy) is 2. The zero-order valence-electron chi connectivity index (χ0n) is 19.7. The number of carbonyl (C=O) groups excluding carboxylic acids is 4. The molecule has 3 aliphatic rings. The van der Waals surface area contributed by atoms with Crippen LogP contribution in [0.3, 0.4) is 0 Å². The molecular formula is C25H38O6. The lowest BCUT2D eigenvalue weighted by atomic mass is 9.52. The van der Waals surface area contributed by atoms with E-state index in [2.05, 4.69) is 13.8 Å². The number of carbonyl (C=O) groups is 4. The fourth-order valence-electron chi connectivity index (χ4n) is 7.15. The minimum Gasteiger partial charge on any atom is -0.466 e. The first-order valence-electron chi connectivity index (χ1n) is 11.8. The van der Waals surface area contributed by atoms with Crippen molar-refractivity contribution in [3.8, 4) is 0 Å². The normalized spacial score (nSPS) is 40.2. The first-order chi connectivity index (χ1) is 14.5. The van der Waals surface area contributed by atoms with E-state index < -0.39 is 0 Å². The van der Waals surface area contributed by atoms with Crippen LogP contribution in [0.1, 0.15) is 86.0 Å². The number of fused-ring (bicyclic) bond motifs is 1. The Morgan fingerprint density at radius 1 is 0.968 bits per heavy atom. The van der Waals surface area contributed by atoms with Crippen LogP contribution in [0, 0.1) is 34.5 Å². The summed E-state index contributed by atoms with van der Waals surface area (Å²) in [7, 11) is 0. The van der Waals surface area contributed by atoms with Crippen molar-refractivity contribution in [2.75, 3.05) is 6.61 Å². The zero-order valence-corrected chi connectivity index (χ0v) is 19.7. The average Bonchev–Trinajstić information content (AvgIpc) is 3.00. The molecule has 3 rings (SSSR count). The van der Waals surface area contributed by atoms with Gasteiger partial charge in [-0.05, 0) is 75.5 Å². The number of hydrogen-bond donors (Lipinski definition) is 0. The van der Waals surface area contributed by atoms with E-state index >= 15 is 0 Å². The maximum absolute atomic E-state index is 13.9. The molecule has 3 fully saturated rings. The van der Waals surface area contributed by atoms with Gasteiger partial charge in [-0.15, -0.1) is 0 Å². The molecule has 0 radical (unpaired) electrons. The fraction of sp³-hybridized carbons (Fsp3) is 0.840. The summed E-state index contributed by atoms with van der Waals surface area (Å²) in [5, 5.41) is 0. The fourth-order valence-corrected chi connectivity index (χ4v) is 7.15. The Morgan fingerprint density at radius 3 is 2.29 bits per heavy atom. The van der Waals surface area contributed by atoms with Gasteiger partial charge in [-0.25, -0.2) is 0 Å². The van der Waals surface area contributed by atoms with Crippen LogP contribution >= 0.6 is 0 Å². The van der Waals surface area contributed by atoms with Crippen molar-refractivity contribution in [3.63, 3.8) is 0 Å². The summed E-state index contributed by atoms with van der Waals surface area (Å²) in [6.45, 7) is 9.00. The molecule has 0 spiro atoms. The molecule has 0 bridgehead atoms. The number of Topliss-reactive ketones (excluding diaryl/α,β-unsaturated/α-hetero) is 2. The Kier molecular flexibility index (Phi) is 6.97. The van der Waals surface area contributed by atoms with Crippen LogP contribution in [-0.4, -0.2) is 36.2 Å². The largest absolute Gasteiger partial charge is 0.466 e. The first kappa shape index (κ1) is 23.9. The monoisotopic (exact) mass is 434 g/mol. The van der Waals surface area contributed by atoms with Gasteiger partial charge in [0.1, 0.15) is 17.7 Å². The maximum atomic E-state index is 13.9. The van der Waals surface area contributed by atoms with Crippen molar-refractivity contribution in [2.24, 2.45) is 34.5 Å². The number of rotatable bonds is 6. The van der Waals surface area contributed by atoms with Crippen molar-refractivity contribution in [1.29, 1.82) is 0 Å². The molecule has 0 N–H and O–H groups in total. The van der Waals surface area contributed by atoms with E-state index in [9.17, 15) is 19.2 Å². The third-order valence-electron chi connectivity index (χ3n) is 8.82.